The van der Waals surface area contributed by atoms with Gasteiger partial charge in [-0.05, 0) is 75.1 Å². The van der Waals surface area contributed by atoms with Crippen LogP contribution in [0.1, 0.15) is 16.7 Å². The molecule has 3 aromatic carbocycles. The Hall–Kier alpha value is -2.32. The van der Waals surface area contributed by atoms with Crippen molar-refractivity contribution in [3.8, 4) is 5.75 Å². The van der Waals surface area contributed by atoms with Crippen molar-refractivity contribution in [3.05, 3.63) is 102 Å². The molecule has 1 aliphatic rings. The fraction of sp³-hybridized carbons (Fsp3) is 0.0833. The van der Waals surface area contributed by atoms with E-state index in [1.54, 1.807) is 30.3 Å². The van der Waals surface area contributed by atoms with Crippen molar-refractivity contribution in [1.29, 1.82) is 0 Å². The maximum absolute atomic E-state index is 12.8. The Morgan fingerprint density at radius 1 is 0.909 bits per heavy atom. The third-order valence-corrected chi connectivity index (χ3v) is 6.75. The number of carbonyl (C=O) groups excluding carboxylic acids is 2. The molecular formula is C24H16Br2Cl2N2O3. The summed E-state index contributed by atoms with van der Waals surface area (Å²) in [5, 5.41) is 3.60. The number of nitrogens with zero attached hydrogens (tertiary/aromatic N) is 1. The number of ether oxygens (including phenoxy) is 1. The monoisotopic (exact) mass is 608 g/mol. The van der Waals surface area contributed by atoms with Crippen molar-refractivity contribution in [2.24, 2.45) is 0 Å². The summed E-state index contributed by atoms with van der Waals surface area (Å²) in [4.78, 5) is 26.3. The van der Waals surface area contributed by atoms with Gasteiger partial charge in [-0.1, -0.05) is 63.4 Å². The summed E-state index contributed by atoms with van der Waals surface area (Å²) in [6, 6.07) is 17.7. The van der Waals surface area contributed by atoms with Crippen LogP contribution in [0.2, 0.25) is 10.0 Å². The van der Waals surface area contributed by atoms with E-state index in [-0.39, 0.29) is 18.1 Å². The standard InChI is InChI=1S/C24H16Br2Cl2N2O3/c25-17-5-1-14(2-6-17)12-30-23(31)21(29-24(30)32)11-15-4-8-22(18(26)9-15)33-13-16-3-7-19(27)20(28)10-16/h1-11H,12-13H2,(H,29,32)/b21-11+. The Kier molecular flexibility index (Phi) is 7.44. The molecule has 0 aromatic heterocycles. The van der Waals surface area contributed by atoms with E-state index in [9.17, 15) is 9.59 Å². The van der Waals surface area contributed by atoms with Crippen LogP contribution >= 0.6 is 55.1 Å². The van der Waals surface area contributed by atoms with E-state index in [4.69, 9.17) is 27.9 Å². The zero-order chi connectivity index (χ0) is 23.5. The first-order chi connectivity index (χ1) is 15.8. The zero-order valence-electron chi connectivity index (χ0n) is 16.9. The lowest BCUT2D eigenvalue weighted by atomic mass is 10.1. The summed E-state index contributed by atoms with van der Waals surface area (Å²) in [5.41, 5.74) is 2.69. The molecule has 0 radical (unpaired) electrons. The third-order valence-electron chi connectivity index (χ3n) is 4.86. The predicted octanol–water partition coefficient (Wildman–Crippen LogP) is 7.19. The van der Waals surface area contributed by atoms with Gasteiger partial charge in [0.1, 0.15) is 18.1 Å². The molecule has 5 nitrogen and oxygen atoms in total. The second-order valence-electron chi connectivity index (χ2n) is 7.23. The highest BCUT2D eigenvalue weighted by molar-refractivity contribution is 9.10. The normalized spacial score (nSPS) is 14.7. The van der Waals surface area contributed by atoms with E-state index in [0.717, 1.165) is 21.2 Å². The summed E-state index contributed by atoms with van der Waals surface area (Å²) in [5.74, 6) is 0.251. The number of rotatable bonds is 6. The topological polar surface area (TPSA) is 58.6 Å². The summed E-state index contributed by atoms with van der Waals surface area (Å²) < 4.78 is 7.49. The third kappa shape index (κ3) is 5.79. The van der Waals surface area contributed by atoms with Gasteiger partial charge in [0, 0.05) is 4.47 Å². The van der Waals surface area contributed by atoms with Crippen molar-refractivity contribution in [3.63, 3.8) is 0 Å². The number of halogens is 4. The van der Waals surface area contributed by atoms with Crippen molar-refractivity contribution in [2.75, 3.05) is 0 Å². The summed E-state index contributed by atoms with van der Waals surface area (Å²) in [6.07, 6.45) is 1.63. The van der Waals surface area contributed by atoms with Gasteiger partial charge < -0.3 is 10.1 Å². The number of hydrogen-bond donors (Lipinski definition) is 1. The Morgan fingerprint density at radius 3 is 2.33 bits per heavy atom. The van der Waals surface area contributed by atoms with Crippen LogP contribution in [0.4, 0.5) is 4.79 Å². The molecule has 1 fully saturated rings. The summed E-state index contributed by atoms with van der Waals surface area (Å²) in [6.45, 7) is 0.510. The SMILES string of the molecule is O=C1N/C(=C/c2ccc(OCc3ccc(Cl)c(Cl)c3)c(Br)c2)C(=O)N1Cc1ccc(Br)cc1. The molecule has 0 saturated carbocycles. The molecule has 9 heteroatoms. The number of hydrogen-bond acceptors (Lipinski definition) is 3. The highest BCUT2D eigenvalue weighted by Crippen LogP contribution is 2.29. The van der Waals surface area contributed by atoms with Crippen LogP contribution in [-0.4, -0.2) is 16.8 Å². The first-order valence-electron chi connectivity index (χ1n) is 9.75. The van der Waals surface area contributed by atoms with Gasteiger partial charge in [0.2, 0.25) is 0 Å². The average molecular weight is 611 g/mol. The first-order valence-corrected chi connectivity index (χ1v) is 12.1. The minimum atomic E-state index is -0.449. The lowest BCUT2D eigenvalue weighted by molar-refractivity contribution is -0.123. The average Bonchev–Trinajstić information content (AvgIpc) is 3.04. The van der Waals surface area contributed by atoms with Gasteiger partial charge in [0.05, 0.1) is 21.1 Å². The van der Waals surface area contributed by atoms with Crippen molar-refractivity contribution in [1.82, 2.24) is 10.2 Å². The van der Waals surface area contributed by atoms with E-state index in [0.29, 0.717) is 26.9 Å². The molecule has 168 valence electrons. The van der Waals surface area contributed by atoms with E-state index in [1.807, 2.05) is 36.4 Å². The lowest BCUT2D eigenvalue weighted by Crippen LogP contribution is -2.30. The smallest absolute Gasteiger partial charge is 0.329 e. The molecule has 0 atom stereocenters. The quantitative estimate of drug-likeness (QED) is 0.237. The van der Waals surface area contributed by atoms with E-state index >= 15 is 0 Å². The Balaban J connectivity index is 1.44. The van der Waals surface area contributed by atoms with Gasteiger partial charge >= 0.3 is 6.03 Å². The maximum atomic E-state index is 12.8. The highest BCUT2D eigenvalue weighted by Gasteiger charge is 2.33. The van der Waals surface area contributed by atoms with Gasteiger partial charge in [0.15, 0.2) is 0 Å². The van der Waals surface area contributed by atoms with Gasteiger partial charge in [-0.25, -0.2) is 4.79 Å². The fourth-order valence-electron chi connectivity index (χ4n) is 3.17. The lowest BCUT2D eigenvalue weighted by Gasteiger charge is -2.11. The molecule has 0 spiro atoms. The van der Waals surface area contributed by atoms with Crippen LogP contribution in [-0.2, 0) is 17.9 Å². The molecular weight excluding hydrogens is 595 g/mol. The molecule has 0 unspecified atom stereocenters. The van der Waals surface area contributed by atoms with Gasteiger partial charge in [0.25, 0.3) is 5.91 Å². The minimum absolute atomic E-state index is 0.195. The number of amides is 3. The van der Waals surface area contributed by atoms with Crippen LogP contribution in [0.25, 0.3) is 6.08 Å². The molecule has 0 bridgehead atoms. The zero-order valence-corrected chi connectivity index (χ0v) is 21.6. The largest absolute Gasteiger partial charge is 0.488 e. The molecule has 1 N–H and O–H groups in total. The molecule has 1 saturated heterocycles. The van der Waals surface area contributed by atoms with Crippen molar-refractivity contribution < 1.29 is 14.3 Å². The second-order valence-corrected chi connectivity index (χ2v) is 9.82. The molecule has 1 heterocycles. The van der Waals surface area contributed by atoms with E-state index in [2.05, 4.69) is 37.2 Å². The van der Waals surface area contributed by atoms with E-state index < -0.39 is 6.03 Å². The molecule has 3 amide bonds. The van der Waals surface area contributed by atoms with Crippen molar-refractivity contribution in [2.45, 2.75) is 13.2 Å². The van der Waals surface area contributed by atoms with Gasteiger partial charge in [-0.3, -0.25) is 9.69 Å². The summed E-state index contributed by atoms with van der Waals surface area (Å²) >= 11 is 18.9. The molecule has 3 aromatic rings. The summed E-state index contributed by atoms with van der Waals surface area (Å²) in [7, 11) is 0. The van der Waals surface area contributed by atoms with Crippen LogP contribution in [0.15, 0.2) is 75.3 Å². The highest BCUT2D eigenvalue weighted by atomic mass is 79.9. The number of urea groups is 1. The van der Waals surface area contributed by atoms with Gasteiger partial charge in [-0.2, -0.15) is 0 Å². The Morgan fingerprint density at radius 2 is 1.64 bits per heavy atom. The number of nitrogens with one attached hydrogen (secondary N) is 1. The minimum Gasteiger partial charge on any atom is -0.488 e. The molecule has 0 aliphatic carbocycles. The second kappa shape index (κ2) is 10.3. The van der Waals surface area contributed by atoms with Crippen LogP contribution < -0.4 is 10.1 Å². The fourth-order valence-corrected chi connectivity index (χ4v) is 4.26. The number of imide groups is 1. The first kappa shape index (κ1) is 23.8. The maximum Gasteiger partial charge on any atom is 0.329 e. The molecule has 4 rings (SSSR count). The molecule has 33 heavy (non-hydrogen) atoms. The van der Waals surface area contributed by atoms with Crippen LogP contribution in [0.3, 0.4) is 0 Å². The van der Waals surface area contributed by atoms with E-state index in [1.165, 1.54) is 4.90 Å². The van der Waals surface area contributed by atoms with Crippen molar-refractivity contribution >= 4 is 73.1 Å². The number of benzene rings is 3. The van der Waals surface area contributed by atoms with Gasteiger partial charge in [-0.15, -0.1) is 0 Å². The Labute approximate surface area is 217 Å². The van der Waals surface area contributed by atoms with Crippen LogP contribution in [0.5, 0.6) is 5.75 Å². The Bertz CT molecular complexity index is 1260. The molecule has 1 aliphatic heterocycles. The van der Waals surface area contributed by atoms with Crippen LogP contribution in [0, 0.1) is 0 Å². The predicted molar refractivity (Wildman–Crippen MR) is 136 cm³/mol. The number of carbonyl (C=O) groups is 2.